The summed E-state index contributed by atoms with van der Waals surface area (Å²) in [4.78, 5) is 12.1. The zero-order chi connectivity index (χ0) is 20.5. The molecule has 0 saturated carbocycles. The molecule has 148 valence electrons. The Morgan fingerprint density at radius 3 is 2.59 bits per heavy atom. The molecule has 3 aromatic rings. The Morgan fingerprint density at radius 1 is 1.03 bits per heavy atom. The minimum atomic E-state index is -0.717. The van der Waals surface area contributed by atoms with Gasteiger partial charge >= 0.3 is 0 Å². The predicted octanol–water partition coefficient (Wildman–Crippen LogP) is 4.84. The summed E-state index contributed by atoms with van der Waals surface area (Å²) in [5.74, 6) is 0.881. The third kappa shape index (κ3) is 6.66. The number of hydrogen-bond donors (Lipinski definition) is 1. The van der Waals surface area contributed by atoms with Crippen LogP contribution in [0.1, 0.15) is 18.1 Å². The highest BCUT2D eigenvalue weighted by Crippen LogP contribution is 2.18. The van der Waals surface area contributed by atoms with Crippen molar-refractivity contribution >= 4 is 23.7 Å². The van der Waals surface area contributed by atoms with Crippen molar-refractivity contribution in [2.45, 2.75) is 19.6 Å². The molecule has 6 heteroatoms. The molecule has 0 fully saturated rings. The van der Waals surface area contributed by atoms with Gasteiger partial charge in [0.15, 0.2) is 6.10 Å². The highest BCUT2D eigenvalue weighted by atomic mass is 35.5. The third-order valence-corrected chi connectivity index (χ3v) is 4.21. The second-order valence-corrected chi connectivity index (χ2v) is 6.73. The Hall–Kier alpha value is -3.31. The molecule has 29 heavy (non-hydrogen) atoms. The first-order valence-electron chi connectivity index (χ1n) is 9.12. The van der Waals surface area contributed by atoms with Crippen LogP contribution in [0.4, 0.5) is 0 Å². The van der Waals surface area contributed by atoms with E-state index in [9.17, 15) is 4.79 Å². The summed E-state index contributed by atoms with van der Waals surface area (Å²) in [6, 6.07) is 24.3. The summed E-state index contributed by atoms with van der Waals surface area (Å²) in [6.45, 7) is 2.13. The molecular formula is C23H21ClN2O3. The summed E-state index contributed by atoms with van der Waals surface area (Å²) in [5, 5.41) is 4.54. The molecule has 1 atom stereocenters. The Morgan fingerprint density at radius 2 is 1.79 bits per heavy atom. The van der Waals surface area contributed by atoms with E-state index in [2.05, 4.69) is 10.5 Å². The molecule has 3 rings (SSSR count). The Kier molecular flexibility index (Phi) is 7.25. The van der Waals surface area contributed by atoms with E-state index < -0.39 is 6.10 Å². The van der Waals surface area contributed by atoms with Crippen LogP contribution in [0.15, 0.2) is 84.0 Å². The van der Waals surface area contributed by atoms with Gasteiger partial charge in [-0.05, 0) is 48.4 Å². The minimum absolute atomic E-state index is 0.363. The van der Waals surface area contributed by atoms with Gasteiger partial charge in [-0.1, -0.05) is 60.1 Å². The van der Waals surface area contributed by atoms with Crippen molar-refractivity contribution in [2.24, 2.45) is 5.10 Å². The van der Waals surface area contributed by atoms with Gasteiger partial charge in [0.05, 0.1) is 6.21 Å². The highest BCUT2D eigenvalue weighted by Gasteiger charge is 2.13. The van der Waals surface area contributed by atoms with Crippen molar-refractivity contribution in [3.8, 4) is 11.5 Å². The second-order valence-electron chi connectivity index (χ2n) is 6.30. The average molecular weight is 409 g/mol. The number of hydrazone groups is 1. The molecule has 0 heterocycles. The van der Waals surface area contributed by atoms with Gasteiger partial charge in [0.1, 0.15) is 18.1 Å². The summed E-state index contributed by atoms with van der Waals surface area (Å²) in [7, 11) is 0. The van der Waals surface area contributed by atoms with Crippen LogP contribution in [0.3, 0.4) is 0 Å². The van der Waals surface area contributed by atoms with Crippen LogP contribution in [-0.4, -0.2) is 18.2 Å². The zero-order valence-corrected chi connectivity index (χ0v) is 16.7. The molecular weight excluding hydrogens is 388 g/mol. The van der Waals surface area contributed by atoms with E-state index in [-0.39, 0.29) is 5.91 Å². The van der Waals surface area contributed by atoms with Crippen molar-refractivity contribution in [3.63, 3.8) is 0 Å². The lowest BCUT2D eigenvalue weighted by Crippen LogP contribution is -2.33. The molecule has 1 unspecified atom stereocenters. The highest BCUT2D eigenvalue weighted by molar-refractivity contribution is 6.30. The normalized spacial score (nSPS) is 11.8. The Bertz CT molecular complexity index is 977. The summed E-state index contributed by atoms with van der Waals surface area (Å²) in [5.41, 5.74) is 4.37. The molecule has 0 aliphatic rings. The summed E-state index contributed by atoms with van der Waals surface area (Å²) < 4.78 is 11.4. The Balaban J connectivity index is 1.51. The summed E-state index contributed by atoms with van der Waals surface area (Å²) in [6.07, 6.45) is 0.838. The van der Waals surface area contributed by atoms with Crippen LogP contribution >= 0.6 is 11.6 Å². The largest absolute Gasteiger partial charge is 0.489 e. The first-order chi connectivity index (χ1) is 14.1. The summed E-state index contributed by atoms with van der Waals surface area (Å²) >= 11 is 5.91. The number of rotatable bonds is 8. The molecule has 1 N–H and O–H groups in total. The second kappa shape index (κ2) is 10.3. The third-order valence-electron chi connectivity index (χ3n) is 3.97. The fraction of sp³-hybridized carbons (Fsp3) is 0.130. The van der Waals surface area contributed by atoms with E-state index in [1.54, 1.807) is 37.4 Å². The number of nitrogens with one attached hydrogen (secondary N) is 1. The molecule has 0 aliphatic heterocycles. The number of amides is 1. The van der Waals surface area contributed by atoms with Gasteiger partial charge in [-0.25, -0.2) is 5.43 Å². The number of carbonyl (C=O) groups excluding carboxylic acids is 1. The van der Waals surface area contributed by atoms with Crippen LogP contribution in [0, 0.1) is 0 Å². The number of nitrogens with zero attached hydrogens (tertiary/aromatic N) is 1. The zero-order valence-electron chi connectivity index (χ0n) is 15.9. The first kappa shape index (κ1) is 20.4. The van der Waals surface area contributed by atoms with E-state index in [0.717, 1.165) is 16.9 Å². The van der Waals surface area contributed by atoms with E-state index in [1.165, 1.54) is 0 Å². The lowest BCUT2D eigenvalue weighted by atomic mass is 10.2. The van der Waals surface area contributed by atoms with E-state index in [1.807, 2.05) is 54.6 Å². The van der Waals surface area contributed by atoms with E-state index >= 15 is 0 Å². The molecule has 0 spiro atoms. The number of ether oxygens (including phenoxy) is 2. The van der Waals surface area contributed by atoms with Crippen LogP contribution in [-0.2, 0) is 11.4 Å². The van der Waals surface area contributed by atoms with Crippen molar-refractivity contribution in [1.29, 1.82) is 0 Å². The minimum Gasteiger partial charge on any atom is -0.489 e. The van der Waals surface area contributed by atoms with Crippen molar-refractivity contribution < 1.29 is 14.3 Å². The topological polar surface area (TPSA) is 59.9 Å². The fourth-order valence-electron chi connectivity index (χ4n) is 2.48. The molecule has 0 aromatic heterocycles. The molecule has 0 aliphatic carbocycles. The van der Waals surface area contributed by atoms with Crippen molar-refractivity contribution in [1.82, 2.24) is 5.43 Å². The molecule has 0 radical (unpaired) electrons. The van der Waals surface area contributed by atoms with Crippen LogP contribution in [0.2, 0.25) is 5.02 Å². The van der Waals surface area contributed by atoms with Gasteiger partial charge in [0.2, 0.25) is 0 Å². The van der Waals surface area contributed by atoms with Gasteiger partial charge in [0, 0.05) is 5.02 Å². The van der Waals surface area contributed by atoms with Crippen LogP contribution in [0.5, 0.6) is 11.5 Å². The van der Waals surface area contributed by atoms with Crippen molar-refractivity contribution in [3.05, 3.63) is 95.0 Å². The molecule has 1 amide bonds. The first-order valence-corrected chi connectivity index (χ1v) is 9.50. The number of hydrogen-bond acceptors (Lipinski definition) is 4. The van der Waals surface area contributed by atoms with Gasteiger partial charge in [0.25, 0.3) is 5.91 Å². The average Bonchev–Trinajstić information content (AvgIpc) is 2.73. The number of benzene rings is 3. The van der Waals surface area contributed by atoms with Crippen molar-refractivity contribution in [2.75, 3.05) is 0 Å². The molecule has 0 saturated heterocycles. The standard InChI is InChI=1S/C23H21ClN2O3/c1-17(29-22-12-6-10-20(24)14-22)23(27)26-25-15-19-9-5-11-21(13-19)28-16-18-7-3-2-4-8-18/h2-15,17H,16H2,1H3,(H,26,27). The lowest BCUT2D eigenvalue weighted by molar-refractivity contribution is -0.127. The maximum atomic E-state index is 12.1. The Labute approximate surface area is 174 Å². The predicted molar refractivity (Wildman–Crippen MR) is 114 cm³/mol. The molecule has 0 bridgehead atoms. The smallest absolute Gasteiger partial charge is 0.280 e. The molecule has 3 aromatic carbocycles. The monoisotopic (exact) mass is 408 g/mol. The lowest BCUT2D eigenvalue weighted by Gasteiger charge is -2.13. The number of halogens is 1. The maximum Gasteiger partial charge on any atom is 0.280 e. The molecule has 5 nitrogen and oxygen atoms in total. The van der Waals surface area contributed by atoms with Gasteiger partial charge < -0.3 is 9.47 Å². The fourth-order valence-corrected chi connectivity index (χ4v) is 2.67. The maximum absolute atomic E-state index is 12.1. The van der Waals surface area contributed by atoms with Gasteiger partial charge in [-0.3, -0.25) is 4.79 Å². The quantitative estimate of drug-likeness (QED) is 0.428. The van der Waals surface area contributed by atoms with Gasteiger partial charge in [-0.15, -0.1) is 0 Å². The number of carbonyl (C=O) groups is 1. The SMILES string of the molecule is CC(Oc1cccc(Cl)c1)C(=O)NN=Cc1cccc(OCc2ccccc2)c1. The van der Waals surface area contributed by atoms with Crippen LogP contribution in [0.25, 0.3) is 0 Å². The van der Waals surface area contributed by atoms with E-state index in [4.69, 9.17) is 21.1 Å². The van der Waals surface area contributed by atoms with E-state index in [0.29, 0.717) is 17.4 Å². The van der Waals surface area contributed by atoms with Gasteiger partial charge in [-0.2, -0.15) is 5.10 Å². The van der Waals surface area contributed by atoms with Crippen LogP contribution < -0.4 is 14.9 Å².